The summed E-state index contributed by atoms with van der Waals surface area (Å²) in [6, 6.07) is 9.09. The average molecular weight is 365 g/mol. The molecule has 0 aliphatic rings. The normalized spacial score (nSPS) is 10.3. The van der Waals surface area contributed by atoms with Crippen LogP contribution in [0.15, 0.2) is 36.5 Å². The molecule has 0 saturated carbocycles. The van der Waals surface area contributed by atoms with E-state index in [0.29, 0.717) is 11.1 Å². The first kappa shape index (κ1) is 16.3. The second kappa shape index (κ2) is 7.26. The number of rotatable bonds is 5. The van der Waals surface area contributed by atoms with Gasteiger partial charge in [-0.2, -0.15) is 0 Å². The highest BCUT2D eigenvalue weighted by Gasteiger charge is 2.17. The Kier molecular flexibility index (Phi) is 5.38. The Bertz CT molecular complexity index is 659. The van der Waals surface area contributed by atoms with E-state index < -0.39 is 6.09 Å². The van der Waals surface area contributed by atoms with E-state index in [2.05, 4.69) is 20.9 Å². The van der Waals surface area contributed by atoms with E-state index in [-0.39, 0.29) is 6.54 Å². The fraction of sp³-hybridized carbons (Fsp3) is 0.250. The van der Waals surface area contributed by atoms with Crippen LogP contribution in [0.2, 0.25) is 0 Å². The molecule has 0 fully saturated rings. The Balaban J connectivity index is 2.27. The summed E-state index contributed by atoms with van der Waals surface area (Å²) in [5.41, 5.74) is 2.91. The molecule has 1 heterocycles. The van der Waals surface area contributed by atoms with Gasteiger partial charge in [0.05, 0.1) is 13.7 Å². The molecule has 1 N–H and O–H groups in total. The van der Waals surface area contributed by atoms with Crippen molar-refractivity contribution < 1.29 is 14.6 Å². The van der Waals surface area contributed by atoms with E-state index in [1.54, 1.807) is 19.4 Å². The van der Waals surface area contributed by atoms with Crippen LogP contribution in [0.1, 0.15) is 16.7 Å². The molecule has 6 heteroatoms. The number of hydrogen-bond acceptors (Lipinski definition) is 3. The number of carboxylic acid groups (broad SMARTS) is 1. The number of aryl methyl sites for hydroxylation is 1. The van der Waals surface area contributed by atoms with Gasteiger partial charge in [-0.3, -0.25) is 4.90 Å². The molecular weight excluding hydrogens is 348 g/mol. The minimum Gasteiger partial charge on any atom is -0.497 e. The quantitative estimate of drug-likeness (QED) is 0.815. The van der Waals surface area contributed by atoms with Crippen LogP contribution in [0.3, 0.4) is 0 Å². The molecule has 116 valence electrons. The first-order chi connectivity index (χ1) is 10.5. The van der Waals surface area contributed by atoms with Gasteiger partial charge in [0.15, 0.2) is 0 Å². The van der Waals surface area contributed by atoms with Crippen LogP contribution in [0.25, 0.3) is 0 Å². The number of methoxy groups -OCH3 is 1. The number of carbonyl (C=O) groups is 1. The molecule has 2 aromatic rings. The van der Waals surface area contributed by atoms with Gasteiger partial charge in [-0.1, -0.05) is 28.1 Å². The molecule has 5 nitrogen and oxygen atoms in total. The van der Waals surface area contributed by atoms with Crippen molar-refractivity contribution in [3.63, 3.8) is 0 Å². The zero-order valence-electron chi connectivity index (χ0n) is 12.4. The van der Waals surface area contributed by atoms with E-state index in [9.17, 15) is 9.90 Å². The van der Waals surface area contributed by atoms with E-state index in [4.69, 9.17) is 4.74 Å². The molecule has 1 aromatic heterocycles. The van der Waals surface area contributed by atoms with E-state index in [1.807, 2.05) is 31.2 Å². The van der Waals surface area contributed by atoms with Crippen molar-refractivity contribution >= 4 is 27.8 Å². The fourth-order valence-corrected chi connectivity index (χ4v) is 2.61. The Hall–Kier alpha value is -2.08. The van der Waals surface area contributed by atoms with Crippen molar-refractivity contribution in [1.82, 2.24) is 4.98 Å². The van der Waals surface area contributed by atoms with Crippen molar-refractivity contribution in [3.8, 4) is 5.75 Å². The van der Waals surface area contributed by atoms with Crippen LogP contribution < -0.4 is 9.64 Å². The Morgan fingerprint density at radius 2 is 2.05 bits per heavy atom. The number of amides is 1. The predicted octanol–water partition coefficient (Wildman–Crippen LogP) is 3.98. The lowest BCUT2D eigenvalue weighted by Gasteiger charge is -2.19. The van der Waals surface area contributed by atoms with Gasteiger partial charge in [-0.15, -0.1) is 0 Å². The maximum absolute atomic E-state index is 11.6. The number of alkyl halides is 1. The summed E-state index contributed by atoms with van der Waals surface area (Å²) in [7, 11) is 1.59. The minimum absolute atomic E-state index is 0.233. The predicted molar refractivity (Wildman–Crippen MR) is 88.8 cm³/mol. The second-order valence-corrected chi connectivity index (χ2v) is 5.38. The van der Waals surface area contributed by atoms with E-state index in [1.165, 1.54) is 4.90 Å². The summed E-state index contributed by atoms with van der Waals surface area (Å²) in [5, 5.41) is 10.1. The van der Waals surface area contributed by atoms with Crippen LogP contribution in [-0.2, 0) is 11.9 Å². The van der Waals surface area contributed by atoms with Gasteiger partial charge in [0.25, 0.3) is 0 Å². The zero-order valence-corrected chi connectivity index (χ0v) is 14.0. The van der Waals surface area contributed by atoms with E-state index >= 15 is 0 Å². The van der Waals surface area contributed by atoms with E-state index in [0.717, 1.165) is 22.4 Å². The first-order valence-electron chi connectivity index (χ1n) is 6.70. The third kappa shape index (κ3) is 3.76. The van der Waals surface area contributed by atoms with Crippen molar-refractivity contribution in [1.29, 1.82) is 0 Å². The molecule has 0 bridgehead atoms. The Morgan fingerprint density at radius 1 is 1.36 bits per heavy atom. The number of halogens is 1. The van der Waals surface area contributed by atoms with Gasteiger partial charge in [0.1, 0.15) is 11.6 Å². The summed E-state index contributed by atoms with van der Waals surface area (Å²) >= 11 is 3.40. The van der Waals surface area contributed by atoms with Gasteiger partial charge in [-0.25, -0.2) is 9.78 Å². The monoisotopic (exact) mass is 364 g/mol. The molecule has 0 atom stereocenters. The number of hydrogen-bond donors (Lipinski definition) is 1. The van der Waals surface area contributed by atoms with Crippen molar-refractivity contribution in [3.05, 3.63) is 53.2 Å². The average Bonchev–Trinajstić information content (AvgIpc) is 2.53. The lowest BCUT2D eigenvalue weighted by molar-refractivity contribution is 0.201. The lowest BCUT2D eigenvalue weighted by atomic mass is 10.1. The second-order valence-electron chi connectivity index (χ2n) is 4.82. The molecule has 0 radical (unpaired) electrons. The zero-order chi connectivity index (χ0) is 16.1. The van der Waals surface area contributed by atoms with Gasteiger partial charge in [0.2, 0.25) is 0 Å². The summed E-state index contributed by atoms with van der Waals surface area (Å²) in [5.74, 6) is 1.16. The Morgan fingerprint density at radius 3 is 2.59 bits per heavy atom. The summed E-state index contributed by atoms with van der Waals surface area (Å²) in [6.45, 7) is 2.18. The largest absolute Gasteiger partial charge is 0.497 e. The number of benzene rings is 1. The summed E-state index contributed by atoms with van der Waals surface area (Å²) in [6.07, 6.45) is 0.656. The fourth-order valence-electron chi connectivity index (χ4n) is 2.00. The smallest absolute Gasteiger partial charge is 0.413 e. The van der Waals surface area contributed by atoms with Crippen molar-refractivity contribution in [2.75, 3.05) is 12.0 Å². The maximum Gasteiger partial charge on any atom is 0.413 e. The number of aromatic nitrogens is 1. The van der Waals surface area contributed by atoms with Crippen LogP contribution in [0.5, 0.6) is 5.75 Å². The molecule has 0 saturated heterocycles. The lowest BCUT2D eigenvalue weighted by Crippen LogP contribution is -2.29. The third-order valence-electron chi connectivity index (χ3n) is 3.35. The third-order valence-corrected chi connectivity index (χ3v) is 3.96. The van der Waals surface area contributed by atoms with Crippen molar-refractivity contribution in [2.24, 2.45) is 0 Å². The molecule has 2 rings (SSSR count). The molecule has 1 amide bonds. The number of nitrogens with zero attached hydrogens (tertiary/aromatic N) is 2. The van der Waals surface area contributed by atoms with Crippen LogP contribution in [0, 0.1) is 6.92 Å². The van der Waals surface area contributed by atoms with Gasteiger partial charge >= 0.3 is 6.09 Å². The van der Waals surface area contributed by atoms with Crippen molar-refractivity contribution in [2.45, 2.75) is 18.8 Å². The van der Waals surface area contributed by atoms with Crippen LogP contribution in [-0.4, -0.2) is 23.3 Å². The molecular formula is C16H17BrN2O3. The number of ether oxygens (including phenoxy) is 1. The molecule has 0 aliphatic carbocycles. The standard InChI is InChI=1S/C16H17BrN2O3/c1-11-9-18-15(7-13(11)8-17)19(16(20)21)10-12-3-5-14(22-2)6-4-12/h3-7,9H,8,10H2,1-2H3,(H,20,21). The topological polar surface area (TPSA) is 62.7 Å². The highest BCUT2D eigenvalue weighted by molar-refractivity contribution is 9.08. The molecule has 22 heavy (non-hydrogen) atoms. The molecule has 1 aromatic carbocycles. The molecule has 0 spiro atoms. The molecule has 0 unspecified atom stereocenters. The maximum atomic E-state index is 11.6. The van der Waals surface area contributed by atoms with Crippen LogP contribution in [0.4, 0.5) is 10.6 Å². The molecule has 0 aliphatic heterocycles. The van der Waals surface area contributed by atoms with Gasteiger partial charge < -0.3 is 9.84 Å². The first-order valence-corrected chi connectivity index (χ1v) is 7.82. The SMILES string of the molecule is COc1ccc(CN(C(=O)O)c2cc(CBr)c(C)cn2)cc1. The number of anilines is 1. The van der Waals surface area contributed by atoms with Crippen LogP contribution >= 0.6 is 15.9 Å². The van der Waals surface area contributed by atoms with Gasteiger partial charge in [-0.05, 0) is 41.8 Å². The summed E-state index contributed by atoms with van der Waals surface area (Å²) in [4.78, 5) is 17.0. The highest BCUT2D eigenvalue weighted by Crippen LogP contribution is 2.21. The summed E-state index contributed by atoms with van der Waals surface area (Å²) < 4.78 is 5.10. The Labute approximate surface area is 137 Å². The highest BCUT2D eigenvalue weighted by atomic mass is 79.9. The number of pyridine rings is 1. The minimum atomic E-state index is -1.03. The van der Waals surface area contributed by atoms with Gasteiger partial charge in [0, 0.05) is 11.5 Å².